The summed E-state index contributed by atoms with van der Waals surface area (Å²) < 4.78 is 1.90. The van der Waals surface area contributed by atoms with Gasteiger partial charge in [-0.05, 0) is 24.5 Å². The molecule has 4 nitrogen and oxygen atoms in total. The molecule has 2 aromatic rings. The van der Waals surface area contributed by atoms with Gasteiger partial charge in [0.25, 0.3) is 0 Å². The first-order valence-corrected chi connectivity index (χ1v) is 5.86. The number of benzene rings is 1. The van der Waals surface area contributed by atoms with Gasteiger partial charge in [0, 0.05) is 6.54 Å². The minimum Gasteiger partial charge on any atom is -0.506 e. The molecule has 1 fully saturated rings. The van der Waals surface area contributed by atoms with E-state index in [1.807, 2.05) is 16.8 Å². The highest BCUT2D eigenvalue weighted by Crippen LogP contribution is 2.30. The molecule has 1 saturated carbocycles. The molecule has 1 N–H and O–H groups in total. The molecule has 3 rings (SSSR count). The highest BCUT2D eigenvalue weighted by Gasteiger charge is 2.17. The quantitative estimate of drug-likeness (QED) is 0.858. The minimum atomic E-state index is 0.215. The van der Waals surface area contributed by atoms with Crippen LogP contribution in [0.3, 0.4) is 0 Å². The van der Waals surface area contributed by atoms with Crippen molar-refractivity contribution in [3.63, 3.8) is 0 Å². The molecular weight excluding hydrogens is 202 g/mol. The zero-order chi connectivity index (χ0) is 11.0. The number of phenolic OH excluding ortho intramolecular Hbond substituents is 1. The molecule has 1 aromatic heterocycles. The molecule has 1 heterocycles. The van der Waals surface area contributed by atoms with Gasteiger partial charge in [0.15, 0.2) is 5.52 Å². The highest BCUT2D eigenvalue weighted by atomic mass is 16.3. The zero-order valence-electron chi connectivity index (χ0n) is 9.13. The standard InChI is InChI=1S/C12H15N3O/c16-11-6-2-5-10-12(11)13-14-15(10)8-7-9-3-1-4-9/h2,5-6,9,16H,1,3-4,7-8H2. The van der Waals surface area contributed by atoms with Crippen molar-refractivity contribution in [3.8, 4) is 5.75 Å². The maximum atomic E-state index is 9.60. The molecular formula is C12H15N3O. The molecule has 0 atom stereocenters. The molecule has 0 spiro atoms. The summed E-state index contributed by atoms with van der Waals surface area (Å²) in [5, 5.41) is 17.7. The van der Waals surface area contributed by atoms with Crippen LogP contribution in [0.2, 0.25) is 0 Å². The summed E-state index contributed by atoms with van der Waals surface area (Å²) in [6.45, 7) is 0.907. The summed E-state index contributed by atoms with van der Waals surface area (Å²) in [5.74, 6) is 1.09. The van der Waals surface area contributed by atoms with Gasteiger partial charge >= 0.3 is 0 Å². The Bertz CT molecular complexity index is 502. The van der Waals surface area contributed by atoms with Crippen LogP contribution >= 0.6 is 0 Å². The monoisotopic (exact) mass is 217 g/mol. The maximum absolute atomic E-state index is 9.60. The van der Waals surface area contributed by atoms with Crippen molar-refractivity contribution in [2.24, 2.45) is 5.92 Å². The van der Waals surface area contributed by atoms with Gasteiger partial charge in [-0.1, -0.05) is 30.5 Å². The fourth-order valence-corrected chi connectivity index (χ4v) is 2.23. The van der Waals surface area contributed by atoms with Gasteiger partial charge in [-0.25, -0.2) is 4.68 Å². The van der Waals surface area contributed by atoms with Crippen LogP contribution in [0.4, 0.5) is 0 Å². The van der Waals surface area contributed by atoms with E-state index in [1.54, 1.807) is 6.07 Å². The number of rotatable bonds is 3. The predicted octanol–water partition coefficient (Wildman–Crippen LogP) is 2.33. The Morgan fingerprint density at radius 3 is 3.00 bits per heavy atom. The number of hydrogen-bond donors (Lipinski definition) is 1. The smallest absolute Gasteiger partial charge is 0.154 e. The number of nitrogens with zero attached hydrogens (tertiary/aromatic N) is 3. The van der Waals surface area contributed by atoms with Gasteiger partial charge < -0.3 is 5.11 Å². The molecule has 0 amide bonds. The number of aryl methyl sites for hydroxylation is 1. The second-order valence-electron chi connectivity index (χ2n) is 4.54. The van der Waals surface area contributed by atoms with Crippen molar-refractivity contribution in [3.05, 3.63) is 18.2 Å². The third-order valence-corrected chi connectivity index (χ3v) is 3.50. The number of aromatic hydroxyl groups is 1. The molecule has 0 saturated heterocycles. The molecule has 84 valence electrons. The van der Waals surface area contributed by atoms with Gasteiger partial charge in [-0.15, -0.1) is 5.10 Å². The van der Waals surface area contributed by atoms with Crippen molar-refractivity contribution >= 4 is 11.0 Å². The third kappa shape index (κ3) is 1.54. The van der Waals surface area contributed by atoms with Crippen LogP contribution in [0, 0.1) is 5.92 Å². The summed E-state index contributed by atoms with van der Waals surface area (Å²) in [6, 6.07) is 5.43. The Morgan fingerprint density at radius 1 is 1.38 bits per heavy atom. The van der Waals surface area contributed by atoms with Crippen molar-refractivity contribution in [2.45, 2.75) is 32.2 Å². The number of hydrogen-bond acceptors (Lipinski definition) is 3. The molecule has 1 aliphatic carbocycles. The Kier molecular flexibility index (Phi) is 2.27. The van der Waals surface area contributed by atoms with E-state index in [0.29, 0.717) is 5.52 Å². The van der Waals surface area contributed by atoms with E-state index in [9.17, 15) is 5.11 Å². The van der Waals surface area contributed by atoms with Crippen molar-refractivity contribution in [1.82, 2.24) is 15.0 Å². The third-order valence-electron chi connectivity index (χ3n) is 3.50. The molecule has 16 heavy (non-hydrogen) atoms. The van der Waals surface area contributed by atoms with Crippen LogP contribution in [0.15, 0.2) is 18.2 Å². The van der Waals surface area contributed by atoms with E-state index in [1.165, 1.54) is 25.7 Å². The normalized spacial score (nSPS) is 16.5. The average molecular weight is 217 g/mol. The average Bonchev–Trinajstić information content (AvgIpc) is 2.61. The van der Waals surface area contributed by atoms with Crippen molar-refractivity contribution < 1.29 is 5.11 Å². The van der Waals surface area contributed by atoms with Gasteiger partial charge in [0.1, 0.15) is 5.75 Å². The van der Waals surface area contributed by atoms with E-state index in [-0.39, 0.29) is 5.75 Å². The van der Waals surface area contributed by atoms with E-state index in [2.05, 4.69) is 10.3 Å². The molecule has 4 heteroatoms. The maximum Gasteiger partial charge on any atom is 0.154 e. The van der Waals surface area contributed by atoms with Gasteiger partial charge in [-0.3, -0.25) is 0 Å². The molecule has 1 aliphatic rings. The van der Waals surface area contributed by atoms with Crippen LogP contribution < -0.4 is 0 Å². The molecule has 1 aromatic carbocycles. The van der Waals surface area contributed by atoms with E-state index < -0.39 is 0 Å². The largest absolute Gasteiger partial charge is 0.506 e. The number of phenols is 1. The summed E-state index contributed by atoms with van der Waals surface area (Å²) in [5.41, 5.74) is 1.54. The van der Waals surface area contributed by atoms with Crippen LogP contribution in [0.1, 0.15) is 25.7 Å². The van der Waals surface area contributed by atoms with Crippen molar-refractivity contribution in [1.29, 1.82) is 0 Å². The first-order chi connectivity index (χ1) is 7.84. The topological polar surface area (TPSA) is 50.9 Å². The zero-order valence-corrected chi connectivity index (χ0v) is 9.13. The summed E-state index contributed by atoms with van der Waals surface area (Å²) in [7, 11) is 0. The van der Waals surface area contributed by atoms with Crippen LogP contribution in [-0.2, 0) is 6.54 Å². The van der Waals surface area contributed by atoms with E-state index in [4.69, 9.17) is 0 Å². The predicted molar refractivity (Wildman–Crippen MR) is 61.2 cm³/mol. The van der Waals surface area contributed by atoms with Gasteiger partial charge in [0.2, 0.25) is 0 Å². The molecule has 0 aliphatic heterocycles. The summed E-state index contributed by atoms with van der Waals surface area (Å²) >= 11 is 0. The first kappa shape index (κ1) is 9.63. The van der Waals surface area contributed by atoms with Crippen LogP contribution in [0.25, 0.3) is 11.0 Å². The number of fused-ring (bicyclic) bond motifs is 1. The fourth-order valence-electron chi connectivity index (χ4n) is 2.23. The Labute approximate surface area is 93.9 Å². The van der Waals surface area contributed by atoms with Gasteiger partial charge in [-0.2, -0.15) is 0 Å². The summed E-state index contributed by atoms with van der Waals surface area (Å²) in [4.78, 5) is 0. The number of aromatic nitrogens is 3. The van der Waals surface area contributed by atoms with Crippen LogP contribution in [0.5, 0.6) is 5.75 Å². The van der Waals surface area contributed by atoms with E-state index >= 15 is 0 Å². The Balaban J connectivity index is 1.83. The lowest BCUT2D eigenvalue weighted by atomic mass is 9.83. The lowest BCUT2D eigenvalue weighted by Gasteiger charge is -2.24. The SMILES string of the molecule is Oc1cccc2c1nnn2CCC1CCC1. The first-order valence-electron chi connectivity index (χ1n) is 5.86. The molecule has 0 radical (unpaired) electrons. The molecule has 0 bridgehead atoms. The molecule has 0 unspecified atom stereocenters. The van der Waals surface area contributed by atoms with E-state index in [0.717, 1.165) is 18.0 Å². The summed E-state index contributed by atoms with van der Waals surface area (Å²) in [6.07, 6.45) is 5.27. The van der Waals surface area contributed by atoms with Crippen LogP contribution in [-0.4, -0.2) is 20.1 Å². The highest BCUT2D eigenvalue weighted by molar-refractivity contribution is 5.80. The Morgan fingerprint density at radius 2 is 2.25 bits per heavy atom. The lowest BCUT2D eigenvalue weighted by molar-refractivity contribution is 0.278. The second kappa shape index (κ2) is 3.77. The van der Waals surface area contributed by atoms with Crippen molar-refractivity contribution in [2.75, 3.05) is 0 Å². The minimum absolute atomic E-state index is 0.215. The fraction of sp³-hybridized carbons (Fsp3) is 0.500. The second-order valence-corrected chi connectivity index (χ2v) is 4.54. The lowest BCUT2D eigenvalue weighted by Crippen LogP contribution is -2.14. The van der Waals surface area contributed by atoms with Gasteiger partial charge in [0.05, 0.1) is 5.52 Å². The Hall–Kier alpha value is -1.58.